The van der Waals surface area contributed by atoms with E-state index in [9.17, 15) is 5.11 Å². The van der Waals surface area contributed by atoms with Crippen LogP contribution in [-0.2, 0) is 13.1 Å². The molecule has 0 atom stereocenters. The first-order chi connectivity index (χ1) is 9.19. The number of hydrogen-bond donors (Lipinski definition) is 2. The smallest absolute Gasteiger partial charge is 0.123 e. The van der Waals surface area contributed by atoms with Crippen molar-refractivity contribution < 1.29 is 9.84 Å². The summed E-state index contributed by atoms with van der Waals surface area (Å²) in [5.41, 5.74) is 2.98. The monoisotopic (exact) mass is 258 g/mol. The maximum absolute atomic E-state index is 9.82. The third kappa shape index (κ3) is 3.69. The third-order valence-corrected chi connectivity index (χ3v) is 2.91. The molecule has 2 N–H and O–H groups in total. The van der Waals surface area contributed by atoms with Crippen molar-refractivity contribution in [1.29, 1.82) is 0 Å². The van der Waals surface area contributed by atoms with Crippen molar-refractivity contribution in [1.82, 2.24) is 10.3 Å². The SMILES string of the molecule is COc1ccc(CNCc2ccc(C)nc2)c(O)c1. The van der Waals surface area contributed by atoms with Gasteiger partial charge in [0.2, 0.25) is 0 Å². The van der Waals surface area contributed by atoms with Gasteiger partial charge in [-0.1, -0.05) is 12.1 Å². The Kier molecular flexibility index (Phi) is 4.36. The van der Waals surface area contributed by atoms with Crippen molar-refractivity contribution >= 4 is 0 Å². The molecule has 1 heterocycles. The molecule has 0 radical (unpaired) electrons. The fourth-order valence-corrected chi connectivity index (χ4v) is 1.76. The minimum atomic E-state index is 0.244. The number of methoxy groups -OCH3 is 1. The molecule has 0 amide bonds. The summed E-state index contributed by atoms with van der Waals surface area (Å²) in [5, 5.41) is 13.1. The molecule has 0 aliphatic carbocycles. The molecule has 1 aromatic heterocycles. The Balaban J connectivity index is 1.90. The number of aromatic nitrogens is 1. The van der Waals surface area contributed by atoms with Crippen molar-refractivity contribution in [3.05, 3.63) is 53.3 Å². The van der Waals surface area contributed by atoms with Crippen LogP contribution in [0.5, 0.6) is 11.5 Å². The lowest BCUT2D eigenvalue weighted by molar-refractivity contribution is 0.406. The van der Waals surface area contributed by atoms with E-state index in [4.69, 9.17) is 4.74 Å². The van der Waals surface area contributed by atoms with E-state index in [1.54, 1.807) is 13.2 Å². The second kappa shape index (κ2) is 6.20. The van der Waals surface area contributed by atoms with E-state index in [-0.39, 0.29) is 5.75 Å². The van der Waals surface area contributed by atoms with Gasteiger partial charge in [-0.05, 0) is 24.6 Å². The van der Waals surface area contributed by atoms with Crippen LogP contribution in [0.4, 0.5) is 0 Å². The number of nitrogens with zero attached hydrogens (tertiary/aromatic N) is 1. The first kappa shape index (κ1) is 13.4. The minimum absolute atomic E-state index is 0.244. The fourth-order valence-electron chi connectivity index (χ4n) is 1.76. The van der Waals surface area contributed by atoms with Crippen LogP contribution in [0.25, 0.3) is 0 Å². The predicted octanol–water partition coefficient (Wildman–Crippen LogP) is 2.39. The number of ether oxygens (including phenoxy) is 1. The van der Waals surface area contributed by atoms with Crippen molar-refractivity contribution in [3.8, 4) is 11.5 Å². The molecule has 19 heavy (non-hydrogen) atoms. The molecule has 0 saturated carbocycles. The summed E-state index contributed by atoms with van der Waals surface area (Å²) in [4.78, 5) is 4.24. The number of phenols is 1. The van der Waals surface area contributed by atoms with Crippen LogP contribution in [0.1, 0.15) is 16.8 Å². The Hall–Kier alpha value is -2.07. The average molecular weight is 258 g/mol. The summed E-state index contributed by atoms with van der Waals surface area (Å²) in [6, 6.07) is 9.34. The van der Waals surface area contributed by atoms with Gasteiger partial charge in [0.15, 0.2) is 0 Å². The molecule has 0 aliphatic heterocycles. The zero-order valence-corrected chi connectivity index (χ0v) is 11.2. The summed E-state index contributed by atoms with van der Waals surface area (Å²) in [6.45, 7) is 3.29. The van der Waals surface area contributed by atoms with Crippen molar-refractivity contribution in [2.24, 2.45) is 0 Å². The van der Waals surface area contributed by atoms with E-state index in [1.165, 1.54) is 0 Å². The van der Waals surface area contributed by atoms with Gasteiger partial charge in [0.1, 0.15) is 11.5 Å². The van der Waals surface area contributed by atoms with Gasteiger partial charge in [-0.2, -0.15) is 0 Å². The molecule has 1 aromatic carbocycles. The summed E-state index contributed by atoms with van der Waals surface area (Å²) in [5.74, 6) is 0.901. The van der Waals surface area contributed by atoms with Gasteiger partial charge in [0, 0.05) is 36.6 Å². The molecule has 4 nitrogen and oxygen atoms in total. The highest BCUT2D eigenvalue weighted by Gasteiger charge is 2.02. The molecule has 100 valence electrons. The second-order valence-electron chi connectivity index (χ2n) is 4.41. The molecule has 2 aromatic rings. The molecule has 0 aliphatic rings. The van der Waals surface area contributed by atoms with Crippen LogP contribution in [0.15, 0.2) is 36.5 Å². The fraction of sp³-hybridized carbons (Fsp3) is 0.267. The molecular weight excluding hydrogens is 240 g/mol. The van der Waals surface area contributed by atoms with Crippen LogP contribution >= 0.6 is 0 Å². The van der Waals surface area contributed by atoms with Crippen molar-refractivity contribution in [3.63, 3.8) is 0 Å². The second-order valence-corrected chi connectivity index (χ2v) is 4.41. The van der Waals surface area contributed by atoms with E-state index >= 15 is 0 Å². The van der Waals surface area contributed by atoms with E-state index in [0.717, 1.165) is 23.4 Å². The summed E-state index contributed by atoms with van der Waals surface area (Å²) in [6.07, 6.45) is 1.86. The lowest BCUT2D eigenvalue weighted by Crippen LogP contribution is -2.13. The number of phenolic OH excluding ortho intramolecular Hbond substituents is 1. The van der Waals surface area contributed by atoms with E-state index in [1.807, 2.05) is 37.4 Å². The zero-order valence-electron chi connectivity index (χ0n) is 11.2. The molecule has 0 saturated heterocycles. The highest BCUT2D eigenvalue weighted by molar-refractivity contribution is 5.39. The molecular formula is C15H18N2O2. The Labute approximate surface area is 113 Å². The van der Waals surface area contributed by atoms with Gasteiger partial charge in [-0.3, -0.25) is 4.98 Å². The lowest BCUT2D eigenvalue weighted by Gasteiger charge is -2.08. The average Bonchev–Trinajstić information content (AvgIpc) is 2.42. The van der Waals surface area contributed by atoms with Gasteiger partial charge in [-0.25, -0.2) is 0 Å². The third-order valence-electron chi connectivity index (χ3n) is 2.91. The number of pyridine rings is 1. The molecule has 0 bridgehead atoms. The van der Waals surface area contributed by atoms with Crippen LogP contribution in [-0.4, -0.2) is 17.2 Å². The Morgan fingerprint density at radius 2 is 2.05 bits per heavy atom. The van der Waals surface area contributed by atoms with Gasteiger partial charge in [0.25, 0.3) is 0 Å². The number of rotatable bonds is 5. The summed E-state index contributed by atoms with van der Waals surface area (Å²) in [7, 11) is 1.58. The first-order valence-electron chi connectivity index (χ1n) is 6.17. The normalized spacial score (nSPS) is 10.4. The summed E-state index contributed by atoms with van der Waals surface area (Å²) >= 11 is 0. The maximum atomic E-state index is 9.82. The van der Waals surface area contributed by atoms with Crippen LogP contribution in [0.3, 0.4) is 0 Å². The number of aryl methyl sites for hydroxylation is 1. The molecule has 2 rings (SSSR count). The van der Waals surface area contributed by atoms with Gasteiger partial charge >= 0.3 is 0 Å². The Morgan fingerprint density at radius 1 is 1.21 bits per heavy atom. The maximum Gasteiger partial charge on any atom is 0.123 e. The van der Waals surface area contributed by atoms with Crippen LogP contribution in [0, 0.1) is 6.92 Å². The number of nitrogens with one attached hydrogen (secondary N) is 1. The quantitative estimate of drug-likeness (QED) is 0.864. The predicted molar refractivity (Wildman–Crippen MR) is 74.2 cm³/mol. The topological polar surface area (TPSA) is 54.4 Å². The minimum Gasteiger partial charge on any atom is -0.507 e. The standard InChI is InChI=1S/C15H18N2O2/c1-11-3-4-12(9-17-11)8-16-10-13-5-6-14(19-2)7-15(13)18/h3-7,9,16,18H,8,10H2,1-2H3. The van der Waals surface area contributed by atoms with E-state index in [2.05, 4.69) is 10.3 Å². The van der Waals surface area contributed by atoms with Crippen molar-refractivity contribution in [2.45, 2.75) is 20.0 Å². The van der Waals surface area contributed by atoms with Crippen LogP contribution < -0.4 is 10.1 Å². The summed E-state index contributed by atoms with van der Waals surface area (Å²) < 4.78 is 5.05. The zero-order chi connectivity index (χ0) is 13.7. The van der Waals surface area contributed by atoms with Crippen molar-refractivity contribution in [2.75, 3.05) is 7.11 Å². The Bertz CT molecular complexity index is 538. The molecule has 0 fully saturated rings. The van der Waals surface area contributed by atoms with Crippen LogP contribution in [0.2, 0.25) is 0 Å². The first-order valence-corrected chi connectivity index (χ1v) is 6.17. The number of benzene rings is 1. The lowest BCUT2D eigenvalue weighted by atomic mass is 10.2. The highest BCUT2D eigenvalue weighted by atomic mass is 16.5. The highest BCUT2D eigenvalue weighted by Crippen LogP contribution is 2.23. The van der Waals surface area contributed by atoms with E-state index < -0.39 is 0 Å². The van der Waals surface area contributed by atoms with E-state index in [0.29, 0.717) is 12.3 Å². The van der Waals surface area contributed by atoms with Gasteiger partial charge in [0.05, 0.1) is 7.11 Å². The Morgan fingerprint density at radius 3 is 2.68 bits per heavy atom. The molecule has 4 heteroatoms. The molecule has 0 unspecified atom stereocenters. The number of hydrogen-bond acceptors (Lipinski definition) is 4. The van der Waals surface area contributed by atoms with Gasteiger partial charge < -0.3 is 15.2 Å². The molecule has 0 spiro atoms. The van der Waals surface area contributed by atoms with Gasteiger partial charge in [-0.15, -0.1) is 0 Å². The largest absolute Gasteiger partial charge is 0.507 e. The number of aromatic hydroxyl groups is 1.